The van der Waals surface area contributed by atoms with Gasteiger partial charge in [-0.15, -0.1) is 0 Å². The topological polar surface area (TPSA) is 82.3 Å². The van der Waals surface area contributed by atoms with Gasteiger partial charge in [0.1, 0.15) is 0 Å². The van der Waals surface area contributed by atoms with E-state index in [1.165, 1.54) is 0 Å². The summed E-state index contributed by atoms with van der Waals surface area (Å²) in [4.78, 5) is 25.4. The summed E-state index contributed by atoms with van der Waals surface area (Å²) in [6.07, 6.45) is 4.39. The fraction of sp³-hybridized carbons (Fsp3) is 0.714. The van der Waals surface area contributed by atoms with E-state index in [9.17, 15) is 9.59 Å². The van der Waals surface area contributed by atoms with Gasteiger partial charge in [0, 0.05) is 34.2 Å². The smallest absolute Gasteiger partial charge is 0.224 e. The first kappa shape index (κ1) is 26.7. The SMILES string of the molecule is CC1(C)CC(NC(=O)Cc2ccc(CC(=O)NC3CC(C)(C)NC(C)(C)C3)cc2)CC(C)(C)N1. The van der Waals surface area contributed by atoms with Crippen molar-refractivity contribution in [3.8, 4) is 0 Å². The first-order chi connectivity index (χ1) is 15.5. The van der Waals surface area contributed by atoms with Crippen molar-refractivity contribution in [1.29, 1.82) is 0 Å². The fourth-order valence-electron chi connectivity index (χ4n) is 6.55. The monoisotopic (exact) mass is 470 g/mol. The molecule has 2 fully saturated rings. The number of amides is 2. The van der Waals surface area contributed by atoms with Crippen LogP contribution in [0.1, 0.15) is 92.2 Å². The molecule has 4 N–H and O–H groups in total. The van der Waals surface area contributed by atoms with Crippen molar-refractivity contribution >= 4 is 11.8 Å². The maximum atomic E-state index is 12.7. The highest BCUT2D eigenvalue weighted by atomic mass is 16.2. The summed E-state index contributed by atoms with van der Waals surface area (Å²) in [5.41, 5.74) is 1.94. The lowest BCUT2D eigenvalue weighted by Crippen LogP contribution is -2.62. The van der Waals surface area contributed by atoms with Crippen LogP contribution in [0.2, 0.25) is 0 Å². The van der Waals surface area contributed by atoms with E-state index >= 15 is 0 Å². The minimum Gasteiger partial charge on any atom is -0.353 e. The molecule has 2 aliphatic rings. The fourth-order valence-corrected chi connectivity index (χ4v) is 6.55. The predicted molar refractivity (Wildman–Crippen MR) is 139 cm³/mol. The van der Waals surface area contributed by atoms with Crippen molar-refractivity contribution in [3.05, 3.63) is 35.4 Å². The van der Waals surface area contributed by atoms with E-state index in [4.69, 9.17) is 0 Å². The highest BCUT2D eigenvalue weighted by Gasteiger charge is 2.39. The van der Waals surface area contributed by atoms with Crippen LogP contribution in [0.4, 0.5) is 0 Å². The van der Waals surface area contributed by atoms with Crippen molar-refractivity contribution < 1.29 is 9.59 Å². The normalized spacial score (nSPS) is 23.8. The first-order valence-electron chi connectivity index (χ1n) is 12.8. The summed E-state index contributed by atoms with van der Waals surface area (Å²) in [6.45, 7) is 17.5. The number of carbonyl (C=O) groups is 2. The van der Waals surface area contributed by atoms with Gasteiger partial charge >= 0.3 is 0 Å². The second-order valence-corrected chi connectivity index (χ2v) is 13.3. The van der Waals surface area contributed by atoms with E-state index < -0.39 is 0 Å². The Kier molecular flexibility index (Phi) is 7.55. The minimum atomic E-state index is 0.00155. The molecule has 1 aromatic carbocycles. The summed E-state index contributed by atoms with van der Waals surface area (Å²) in [5.74, 6) is 0.111. The van der Waals surface area contributed by atoms with E-state index in [2.05, 4.69) is 76.7 Å². The van der Waals surface area contributed by atoms with Crippen molar-refractivity contribution in [2.45, 2.75) is 128 Å². The molecule has 34 heavy (non-hydrogen) atoms. The molecule has 0 aromatic heterocycles. The first-order valence-corrected chi connectivity index (χ1v) is 12.8. The van der Waals surface area contributed by atoms with Gasteiger partial charge < -0.3 is 21.3 Å². The third-order valence-electron chi connectivity index (χ3n) is 6.86. The summed E-state index contributed by atoms with van der Waals surface area (Å²) >= 11 is 0. The average molecular weight is 471 g/mol. The molecule has 0 bridgehead atoms. The van der Waals surface area contributed by atoms with E-state index in [-0.39, 0.29) is 46.1 Å². The van der Waals surface area contributed by atoms with Crippen LogP contribution in [-0.4, -0.2) is 46.1 Å². The summed E-state index contributed by atoms with van der Waals surface area (Å²) in [7, 11) is 0. The molecular weight excluding hydrogens is 424 g/mol. The van der Waals surface area contributed by atoms with E-state index in [1.807, 2.05) is 24.3 Å². The molecule has 0 aliphatic carbocycles. The Labute approximate surface area is 206 Å². The molecule has 6 nitrogen and oxygen atoms in total. The molecule has 0 radical (unpaired) electrons. The maximum Gasteiger partial charge on any atom is 0.224 e. The number of hydrogen-bond acceptors (Lipinski definition) is 4. The van der Waals surface area contributed by atoms with Crippen LogP contribution in [0.5, 0.6) is 0 Å². The number of benzene rings is 1. The van der Waals surface area contributed by atoms with Crippen LogP contribution in [0.3, 0.4) is 0 Å². The van der Waals surface area contributed by atoms with Gasteiger partial charge in [-0.1, -0.05) is 24.3 Å². The highest BCUT2D eigenvalue weighted by Crippen LogP contribution is 2.29. The largest absolute Gasteiger partial charge is 0.353 e. The van der Waals surface area contributed by atoms with Gasteiger partial charge in [0.25, 0.3) is 0 Å². The Morgan fingerprint density at radius 2 is 0.912 bits per heavy atom. The summed E-state index contributed by atoms with van der Waals surface area (Å²) in [5, 5.41) is 13.8. The van der Waals surface area contributed by atoms with Gasteiger partial charge in [-0.3, -0.25) is 9.59 Å². The molecule has 2 amide bonds. The highest BCUT2D eigenvalue weighted by molar-refractivity contribution is 5.80. The van der Waals surface area contributed by atoms with Crippen LogP contribution in [0, 0.1) is 0 Å². The third-order valence-corrected chi connectivity index (χ3v) is 6.86. The Hall–Kier alpha value is -1.92. The molecule has 2 heterocycles. The van der Waals surface area contributed by atoms with Crippen molar-refractivity contribution in [3.63, 3.8) is 0 Å². The molecule has 0 unspecified atom stereocenters. The summed E-state index contributed by atoms with van der Waals surface area (Å²) in [6, 6.07) is 8.22. The molecule has 0 spiro atoms. The molecular formula is C28H46N4O2. The Balaban J connectivity index is 1.49. The van der Waals surface area contributed by atoms with Crippen LogP contribution in [0.15, 0.2) is 24.3 Å². The van der Waals surface area contributed by atoms with Gasteiger partial charge in [0.05, 0.1) is 12.8 Å². The van der Waals surface area contributed by atoms with Crippen LogP contribution < -0.4 is 21.3 Å². The molecule has 0 atom stereocenters. The predicted octanol–water partition coefficient (Wildman–Crippen LogP) is 3.62. The summed E-state index contributed by atoms with van der Waals surface area (Å²) < 4.78 is 0. The van der Waals surface area contributed by atoms with Crippen molar-refractivity contribution in [2.24, 2.45) is 0 Å². The van der Waals surface area contributed by atoms with Gasteiger partial charge in [-0.05, 0) is 92.2 Å². The second kappa shape index (κ2) is 9.62. The molecule has 0 saturated carbocycles. The molecule has 2 saturated heterocycles. The van der Waals surface area contributed by atoms with Crippen LogP contribution in [-0.2, 0) is 22.4 Å². The molecule has 3 rings (SSSR count). The van der Waals surface area contributed by atoms with Crippen LogP contribution in [0.25, 0.3) is 0 Å². The van der Waals surface area contributed by atoms with Gasteiger partial charge in [-0.2, -0.15) is 0 Å². The molecule has 1 aromatic rings. The van der Waals surface area contributed by atoms with E-state index in [1.54, 1.807) is 0 Å². The average Bonchev–Trinajstić information content (AvgIpc) is 2.57. The van der Waals surface area contributed by atoms with E-state index in [0.29, 0.717) is 12.8 Å². The second-order valence-electron chi connectivity index (χ2n) is 13.3. The lowest BCUT2D eigenvalue weighted by atomic mass is 9.79. The van der Waals surface area contributed by atoms with Crippen LogP contribution >= 0.6 is 0 Å². The third kappa shape index (κ3) is 8.09. The van der Waals surface area contributed by atoms with Crippen molar-refractivity contribution in [2.75, 3.05) is 0 Å². The molecule has 2 aliphatic heterocycles. The number of piperidine rings is 2. The zero-order valence-electron chi connectivity index (χ0n) is 22.5. The number of rotatable bonds is 6. The Bertz CT molecular complexity index is 781. The standard InChI is InChI=1S/C28H46N4O2/c1-25(2)15-21(16-26(3,4)31-25)29-23(33)13-19-9-11-20(12-10-19)14-24(34)30-22-17-27(5,6)32-28(7,8)18-22/h9-12,21-22,31-32H,13-18H2,1-8H3,(H,29,33)(H,30,34). The lowest BCUT2D eigenvalue weighted by Gasteiger charge is -2.46. The zero-order valence-corrected chi connectivity index (χ0v) is 22.5. The number of carbonyl (C=O) groups excluding carboxylic acids is 2. The molecule has 6 heteroatoms. The maximum absolute atomic E-state index is 12.7. The van der Waals surface area contributed by atoms with Crippen molar-refractivity contribution in [1.82, 2.24) is 21.3 Å². The Morgan fingerprint density at radius 3 is 1.18 bits per heavy atom. The van der Waals surface area contributed by atoms with Gasteiger partial charge in [0.15, 0.2) is 0 Å². The zero-order chi connectivity index (χ0) is 25.4. The lowest BCUT2D eigenvalue weighted by molar-refractivity contribution is -0.122. The minimum absolute atomic E-state index is 0.00155. The van der Waals surface area contributed by atoms with Gasteiger partial charge in [0.2, 0.25) is 11.8 Å². The van der Waals surface area contributed by atoms with E-state index in [0.717, 1.165) is 36.8 Å². The quantitative estimate of drug-likeness (QED) is 0.512. The van der Waals surface area contributed by atoms with Gasteiger partial charge in [-0.25, -0.2) is 0 Å². The number of nitrogens with one attached hydrogen (secondary N) is 4. The molecule has 190 valence electrons. The Morgan fingerprint density at radius 1 is 0.647 bits per heavy atom. The number of hydrogen-bond donors (Lipinski definition) is 4.